The Morgan fingerprint density at radius 2 is 1.88 bits per heavy atom. The van der Waals surface area contributed by atoms with Gasteiger partial charge in [0.25, 0.3) is 0 Å². The summed E-state index contributed by atoms with van der Waals surface area (Å²) in [6.07, 6.45) is 3.07. The van der Waals surface area contributed by atoms with Crippen LogP contribution in [0.5, 0.6) is 0 Å². The van der Waals surface area contributed by atoms with Crippen molar-refractivity contribution in [3.05, 3.63) is 71.3 Å². The fourth-order valence-electron chi connectivity index (χ4n) is 3.31. The average Bonchev–Trinajstić information content (AvgIpc) is 2.84. The third-order valence-electron chi connectivity index (χ3n) is 4.65. The molecule has 1 heterocycles. The number of rotatable bonds is 3. The maximum Gasteiger partial charge on any atom is 0.227 e. The highest BCUT2D eigenvalue weighted by Gasteiger charge is 2.23. The molecule has 1 fully saturated rings. The first-order chi connectivity index (χ1) is 11.6. The lowest BCUT2D eigenvalue weighted by molar-refractivity contribution is -0.130. The Kier molecular flexibility index (Phi) is 5.24. The zero-order valence-corrected chi connectivity index (χ0v) is 13.6. The van der Waals surface area contributed by atoms with Crippen LogP contribution in [0.1, 0.15) is 36.3 Å². The van der Waals surface area contributed by atoms with Gasteiger partial charge in [-0.25, -0.2) is 8.78 Å². The molecule has 1 aliphatic rings. The predicted molar refractivity (Wildman–Crippen MR) is 89.7 cm³/mol. The summed E-state index contributed by atoms with van der Waals surface area (Å²) in [4.78, 5) is 14.4. The lowest BCUT2D eigenvalue weighted by Crippen LogP contribution is -2.35. The molecule has 0 N–H and O–H groups in total. The number of nitrogens with zero attached hydrogens (tertiary/aromatic N) is 1. The van der Waals surface area contributed by atoms with E-state index in [0.29, 0.717) is 19.0 Å². The molecule has 2 aromatic rings. The zero-order valence-electron chi connectivity index (χ0n) is 13.6. The van der Waals surface area contributed by atoms with Crippen molar-refractivity contribution in [3.8, 4) is 0 Å². The van der Waals surface area contributed by atoms with Gasteiger partial charge in [-0.1, -0.05) is 42.8 Å². The van der Waals surface area contributed by atoms with E-state index in [0.717, 1.165) is 25.3 Å². The highest BCUT2D eigenvalue weighted by molar-refractivity contribution is 5.79. The summed E-state index contributed by atoms with van der Waals surface area (Å²) in [6, 6.07) is 13.6. The third kappa shape index (κ3) is 3.99. The molecule has 0 radical (unpaired) electrons. The molecule has 0 bridgehead atoms. The van der Waals surface area contributed by atoms with Gasteiger partial charge in [-0.15, -0.1) is 0 Å². The molecule has 1 amide bonds. The Balaban J connectivity index is 1.71. The maximum atomic E-state index is 13.8. The van der Waals surface area contributed by atoms with Crippen LogP contribution in [0.15, 0.2) is 48.5 Å². The van der Waals surface area contributed by atoms with Crippen molar-refractivity contribution in [2.45, 2.75) is 31.6 Å². The fraction of sp³-hybridized carbons (Fsp3) is 0.350. The molecule has 1 unspecified atom stereocenters. The topological polar surface area (TPSA) is 20.3 Å². The van der Waals surface area contributed by atoms with E-state index in [1.165, 1.54) is 17.7 Å². The van der Waals surface area contributed by atoms with Crippen molar-refractivity contribution in [2.75, 3.05) is 13.1 Å². The number of halogens is 2. The monoisotopic (exact) mass is 329 g/mol. The van der Waals surface area contributed by atoms with Gasteiger partial charge in [0.1, 0.15) is 11.6 Å². The van der Waals surface area contributed by atoms with E-state index in [4.69, 9.17) is 0 Å². The smallest absolute Gasteiger partial charge is 0.227 e. The minimum atomic E-state index is -0.655. The van der Waals surface area contributed by atoms with Gasteiger partial charge >= 0.3 is 0 Å². The van der Waals surface area contributed by atoms with Crippen LogP contribution in [0.3, 0.4) is 0 Å². The predicted octanol–water partition coefficient (Wildman–Crippen LogP) is 4.30. The van der Waals surface area contributed by atoms with E-state index in [2.05, 4.69) is 12.1 Å². The van der Waals surface area contributed by atoms with Crippen LogP contribution in [-0.2, 0) is 11.2 Å². The van der Waals surface area contributed by atoms with Gasteiger partial charge in [0.15, 0.2) is 0 Å². The molecule has 0 aliphatic carbocycles. The van der Waals surface area contributed by atoms with Gasteiger partial charge in [0.2, 0.25) is 5.91 Å². The number of hydrogen-bond donors (Lipinski definition) is 0. The van der Waals surface area contributed by atoms with Gasteiger partial charge in [-0.05, 0) is 30.0 Å². The first-order valence-corrected chi connectivity index (χ1v) is 8.40. The van der Waals surface area contributed by atoms with Gasteiger partial charge in [-0.3, -0.25) is 4.79 Å². The maximum absolute atomic E-state index is 13.8. The minimum Gasteiger partial charge on any atom is -0.342 e. The van der Waals surface area contributed by atoms with E-state index in [1.54, 1.807) is 0 Å². The average molecular weight is 329 g/mol. The second-order valence-corrected chi connectivity index (χ2v) is 6.36. The highest BCUT2D eigenvalue weighted by atomic mass is 19.1. The first kappa shape index (κ1) is 16.6. The molecule has 0 spiro atoms. The first-order valence-electron chi connectivity index (χ1n) is 8.40. The number of carbonyl (C=O) groups excluding carboxylic acids is 1. The van der Waals surface area contributed by atoms with Crippen molar-refractivity contribution in [2.24, 2.45) is 0 Å². The van der Waals surface area contributed by atoms with Crippen LogP contribution >= 0.6 is 0 Å². The van der Waals surface area contributed by atoms with Crippen molar-refractivity contribution in [1.82, 2.24) is 4.90 Å². The molecule has 0 aromatic heterocycles. The molecule has 2 aromatic carbocycles. The molecule has 126 valence electrons. The van der Waals surface area contributed by atoms with Gasteiger partial charge < -0.3 is 4.90 Å². The number of likely N-dealkylation sites (tertiary alicyclic amines) is 1. The van der Waals surface area contributed by atoms with Crippen LogP contribution in [0.4, 0.5) is 8.78 Å². The van der Waals surface area contributed by atoms with Crippen molar-refractivity contribution in [1.29, 1.82) is 0 Å². The van der Waals surface area contributed by atoms with Crippen LogP contribution in [-0.4, -0.2) is 23.9 Å². The second kappa shape index (κ2) is 7.56. The summed E-state index contributed by atoms with van der Waals surface area (Å²) in [7, 11) is 0. The molecular weight excluding hydrogens is 308 g/mol. The Hall–Kier alpha value is -2.23. The minimum absolute atomic E-state index is 0.0202. The lowest BCUT2D eigenvalue weighted by atomic mass is 9.94. The van der Waals surface area contributed by atoms with Crippen LogP contribution in [0.2, 0.25) is 0 Å². The molecular formula is C20H21F2NO. The Bertz CT molecular complexity index is 702. The Morgan fingerprint density at radius 1 is 1.08 bits per heavy atom. The van der Waals surface area contributed by atoms with Gasteiger partial charge in [-0.2, -0.15) is 0 Å². The molecule has 1 atom stereocenters. The Morgan fingerprint density at radius 3 is 2.62 bits per heavy atom. The quantitative estimate of drug-likeness (QED) is 0.822. The number of carbonyl (C=O) groups is 1. The molecule has 24 heavy (non-hydrogen) atoms. The third-order valence-corrected chi connectivity index (χ3v) is 4.65. The SMILES string of the molecule is O=C(Cc1ccc(F)cc1F)N1CCCCC(c2ccccc2)C1. The van der Waals surface area contributed by atoms with E-state index < -0.39 is 11.6 Å². The summed E-state index contributed by atoms with van der Waals surface area (Å²) in [5.74, 6) is -1.06. The highest BCUT2D eigenvalue weighted by Crippen LogP contribution is 2.26. The van der Waals surface area contributed by atoms with Crippen LogP contribution in [0, 0.1) is 11.6 Å². The standard InChI is InChI=1S/C20H21F2NO/c21-18-10-9-16(19(22)13-18)12-20(24)23-11-5-4-8-17(14-23)15-6-2-1-3-7-15/h1-3,6-7,9-10,13,17H,4-5,8,11-12,14H2. The van der Waals surface area contributed by atoms with Crippen molar-refractivity contribution >= 4 is 5.91 Å². The summed E-state index contributed by atoms with van der Waals surface area (Å²) >= 11 is 0. The molecule has 1 aliphatic heterocycles. The van der Waals surface area contributed by atoms with Crippen molar-refractivity contribution in [3.63, 3.8) is 0 Å². The molecule has 3 rings (SSSR count). The summed E-state index contributed by atoms with van der Waals surface area (Å²) < 4.78 is 26.8. The van der Waals surface area contributed by atoms with Crippen molar-refractivity contribution < 1.29 is 13.6 Å². The molecule has 2 nitrogen and oxygen atoms in total. The number of amides is 1. The van der Waals surface area contributed by atoms with Crippen LogP contribution < -0.4 is 0 Å². The van der Waals surface area contributed by atoms with E-state index >= 15 is 0 Å². The normalized spacial score (nSPS) is 18.2. The van der Waals surface area contributed by atoms with E-state index in [-0.39, 0.29) is 17.9 Å². The summed E-state index contributed by atoms with van der Waals surface area (Å²) in [6.45, 7) is 1.36. The fourth-order valence-corrected chi connectivity index (χ4v) is 3.31. The van der Waals surface area contributed by atoms with Gasteiger partial charge in [0, 0.05) is 25.1 Å². The largest absolute Gasteiger partial charge is 0.342 e. The van der Waals surface area contributed by atoms with E-state index in [1.807, 2.05) is 23.1 Å². The number of benzene rings is 2. The Labute approximate surface area is 141 Å². The molecule has 0 saturated carbocycles. The molecule has 4 heteroatoms. The van der Waals surface area contributed by atoms with Gasteiger partial charge in [0.05, 0.1) is 6.42 Å². The molecule has 1 saturated heterocycles. The number of hydrogen-bond acceptors (Lipinski definition) is 1. The lowest BCUT2D eigenvalue weighted by Gasteiger charge is -2.25. The zero-order chi connectivity index (χ0) is 16.9. The van der Waals surface area contributed by atoms with Crippen LogP contribution in [0.25, 0.3) is 0 Å². The summed E-state index contributed by atoms with van der Waals surface area (Å²) in [5, 5.41) is 0. The van der Waals surface area contributed by atoms with E-state index in [9.17, 15) is 13.6 Å². The second-order valence-electron chi connectivity index (χ2n) is 6.36. The summed E-state index contributed by atoms with van der Waals surface area (Å²) in [5.41, 5.74) is 1.49.